The minimum absolute atomic E-state index is 0.892. The van der Waals surface area contributed by atoms with Crippen LogP contribution in [0.2, 0.25) is 0 Å². The highest BCUT2D eigenvalue weighted by molar-refractivity contribution is 6.06. The monoisotopic (exact) mass is 397 g/mol. The largest absolute Gasteiger partial charge is 0.293 e. The summed E-state index contributed by atoms with van der Waals surface area (Å²) in [5, 5.41) is 2.23. The van der Waals surface area contributed by atoms with Gasteiger partial charge in [-0.05, 0) is 29.3 Å². The molecule has 0 unspecified atom stereocenters. The first-order chi connectivity index (χ1) is 15.4. The Balaban J connectivity index is 1.83. The summed E-state index contributed by atoms with van der Waals surface area (Å²) in [7, 11) is 0. The fourth-order valence-electron chi connectivity index (χ4n) is 4.40. The van der Waals surface area contributed by atoms with Crippen molar-refractivity contribution in [3.05, 3.63) is 116 Å². The van der Waals surface area contributed by atoms with Gasteiger partial charge in [-0.25, -0.2) is 9.97 Å². The number of nitrogens with zero attached hydrogens (tertiary/aromatic N) is 3. The van der Waals surface area contributed by atoms with Crippen LogP contribution >= 0.6 is 0 Å². The molecule has 31 heavy (non-hydrogen) atoms. The quantitative estimate of drug-likeness (QED) is 0.325. The van der Waals surface area contributed by atoms with Crippen molar-refractivity contribution in [2.75, 3.05) is 0 Å². The van der Waals surface area contributed by atoms with E-state index in [1.165, 1.54) is 16.5 Å². The van der Waals surface area contributed by atoms with Gasteiger partial charge in [0, 0.05) is 16.3 Å². The SMILES string of the molecule is c1ccc(-c2c(-c3ccccc3)n(-c3ncnc4ccccc34)c3ccccc23)cc1. The Hall–Kier alpha value is -4.24. The second kappa shape index (κ2) is 7.22. The van der Waals surface area contributed by atoms with Crippen molar-refractivity contribution in [1.29, 1.82) is 0 Å². The van der Waals surface area contributed by atoms with E-state index in [4.69, 9.17) is 4.98 Å². The van der Waals surface area contributed by atoms with Crippen molar-refractivity contribution in [2.24, 2.45) is 0 Å². The Morgan fingerprint density at radius 3 is 1.90 bits per heavy atom. The standard InChI is InChI=1S/C28H19N3/c1-3-11-20(12-4-1)26-23-16-8-10-18-25(23)31(27(26)21-13-5-2-6-14-21)28-22-15-7-9-17-24(22)29-19-30-28/h1-19H. The third-order valence-corrected chi connectivity index (χ3v) is 5.72. The van der Waals surface area contributed by atoms with Crippen LogP contribution in [0.5, 0.6) is 0 Å². The molecular weight excluding hydrogens is 378 g/mol. The van der Waals surface area contributed by atoms with E-state index in [-0.39, 0.29) is 0 Å². The van der Waals surface area contributed by atoms with Crippen molar-refractivity contribution >= 4 is 21.8 Å². The molecule has 6 aromatic rings. The minimum Gasteiger partial charge on any atom is -0.293 e. The van der Waals surface area contributed by atoms with Crippen molar-refractivity contribution < 1.29 is 0 Å². The van der Waals surface area contributed by atoms with E-state index < -0.39 is 0 Å². The summed E-state index contributed by atoms with van der Waals surface area (Å²) in [5.74, 6) is 0.892. The van der Waals surface area contributed by atoms with Crippen molar-refractivity contribution in [3.63, 3.8) is 0 Å². The molecule has 0 aliphatic rings. The van der Waals surface area contributed by atoms with Crippen LogP contribution in [0.3, 0.4) is 0 Å². The van der Waals surface area contributed by atoms with Gasteiger partial charge >= 0.3 is 0 Å². The first kappa shape index (κ1) is 17.6. The fraction of sp³-hybridized carbons (Fsp3) is 0. The van der Waals surface area contributed by atoms with Gasteiger partial charge in [-0.15, -0.1) is 0 Å². The molecule has 0 radical (unpaired) electrons. The molecule has 4 aromatic carbocycles. The predicted octanol–water partition coefficient (Wildman–Crippen LogP) is 6.91. The van der Waals surface area contributed by atoms with Gasteiger partial charge in [0.2, 0.25) is 0 Å². The summed E-state index contributed by atoms with van der Waals surface area (Å²) in [5.41, 5.74) is 6.76. The molecule has 146 valence electrons. The van der Waals surface area contributed by atoms with E-state index in [0.717, 1.165) is 33.5 Å². The molecule has 0 saturated carbocycles. The lowest BCUT2D eigenvalue weighted by Gasteiger charge is -2.14. The van der Waals surface area contributed by atoms with E-state index in [1.54, 1.807) is 6.33 Å². The summed E-state index contributed by atoms with van der Waals surface area (Å²) in [6.45, 7) is 0. The second-order valence-electron chi connectivity index (χ2n) is 7.52. The number of aromatic nitrogens is 3. The van der Waals surface area contributed by atoms with E-state index in [9.17, 15) is 0 Å². The van der Waals surface area contributed by atoms with Gasteiger partial charge in [-0.1, -0.05) is 91.0 Å². The maximum atomic E-state index is 4.77. The second-order valence-corrected chi connectivity index (χ2v) is 7.52. The van der Waals surface area contributed by atoms with Crippen molar-refractivity contribution in [1.82, 2.24) is 14.5 Å². The Labute approximate surface area is 180 Å². The average molecular weight is 397 g/mol. The highest BCUT2D eigenvalue weighted by atomic mass is 15.1. The van der Waals surface area contributed by atoms with Gasteiger partial charge in [0.15, 0.2) is 0 Å². The van der Waals surface area contributed by atoms with E-state index in [0.29, 0.717) is 0 Å². The van der Waals surface area contributed by atoms with Crippen molar-refractivity contribution in [2.45, 2.75) is 0 Å². The summed E-state index contributed by atoms with van der Waals surface area (Å²) in [6.07, 6.45) is 1.66. The topological polar surface area (TPSA) is 30.7 Å². The minimum atomic E-state index is 0.892. The van der Waals surface area contributed by atoms with Crippen LogP contribution in [0.15, 0.2) is 116 Å². The number of fused-ring (bicyclic) bond motifs is 2. The highest BCUT2D eigenvalue weighted by Gasteiger charge is 2.22. The van der Waals surface area contributed by atoms with Crippen LogP contribution in [-0.2, 0) is 0 Å². The molecule has 2 aromatic heterocycles. The lowest BCUT2D eigenvalue weighted by atomic mass is 9.98. The molecule has 0 spiro atoms. The smallest absolute Gasteiger partial charge is 0.148 e. The Kier molecular flexibility index (Phi) is 4.10. The molecule has 0 N–H and O–H groups in total. The first-order valence-corrected chi connectivity index (χ1v) is 10.4. The van der Waals surface area contributed by atoms with Crippen LogP contribution in [0.1, 0.15) is 0 Å². The number of hydrogen-bond acceptors (Lipinski definition) is 2. The lowest BCUT2D eigenvalue weighted by molar-refractivity contribution is 1.04. The third kappa shape index (κ3) is 2.82. The van der Waals surface area contributed by atoms with E-state index in [2.05, 4.69) is 101 Å². The molecule has 0 aliphatic carbocycles. The zero-order valence-electron chi connectivity index (χ0n) is 16.8. The molecular formula is C28H19N3. The zero-order chi connectivity index (χ0) is 20.6. The predicted molar refractivity (Wildman–Crippen MR) is 127 cm³/mol. The summed E-state index contributed by atoms with van der Waals surface area (Å²) in [6, 6.07) is 37.9. The van der Waals surface area contributed by atoms with Gasteiger partial charge < -0.3 is 0 Å². The molecule has 0 bridgehead atoms. The van der Waals surface area contributed by atoms with Gasteiger partial charge in [0.05, 0.1) is 16.7 Å². The molecule has 3 nitrogen and oxygen atoms in total. The fourth-order valence-corrected chi connectivity index (χ4v) is 4.40. The number of hydrogen-bond donors (Lipinski definition) is 0. The lowest BCUT2D eigenvalue weighted by Crippen LogP contribution is -2.02. The van der Waals surface area contributed by atoms with Gasteiger partial charge in [0.1, 0.15) is 12.1 Å². The Morgan fingerprint density at radius 2 is 1.13 bits per heavy atom. The summed E-state index contributed by atoms with van der Waals surface area (Å²) < 4.78 is 2.29. The maximum absolute atomic E-state index is 4.77. The first-order valence-electron chi connectivity index (χ1n) is 10.4. The molecule has 3 heteroatoms. The summed E-state index contributed by atoms with van der Waals surface area (Å²) >= 11 is 0. The number of rotatable bonds is 3. The molecule has 2 heterocycles. The van der Waals surface area contributed by atoms with Crippen LogP contribution in [-0.4, -0.2) is 14.5 Å². The normalized spacial score (nSPS) is 11.2. The molecule has 0 amide bonds. The van der Waals surface area contributed by atoms with Crippen LogP contribution in [0.4, 0.5) is 0 Å². The van der Waals surface area contributed by atoms with Gasteiger partial charge in [-0.3, -0.25) is 4.57 Å². The van der Waals surface area contributed by atoms with Gasteiger partial charge in [-0.2, -0.15) is 0 Å². The molecule has 0 saturated heterocycles. The van der Waals surface area contributed by atoms with Crippen LogP contribution < -0.4 is 0 Å². The van der Waals surface area contributed by atoms with E-state index in [1.807, 2.05) is 18.2 Å². The molecule has 0 aliphatic heterocycles. The van der Waals surface area contributed by atoms with Crippen molar-refractivity contribution in [3.8, 4) is 28.2 Å². The maximum Gasteiger partial charge on any atom is 0.148 e. The van der Waals surface area contributed by atoms with Gasteiger partial charge in [0.25, 0.3) is 0 Å². The molecule has 0 atom stereocenters. The Bertz CT molecular complexity index is 1510. The Morgan fingerprint density at radius 1 is 0.516 bits per heavy atom. The third-order valence-electron chi connectivity index (χ3n) is 5.72. The number of benzene rings is 4. The number of para-hydroxylation sites is 2. The average Bonchev–Trinajstić information content (AvgIpc) is 3.20. The van der Waals surface area contributed by atoms with E-state index >= 15 is 0 Å². The van der Waals surface area contributed by atoms with Crippen LogP contribution in [0, 0.1) is 0 Å². The molecule has 6 rings (SSSR count). The van der Waals surface area contributed by atoms with Crippen LogP contribution in [0.25, 0.3) is 50.0 Å². The highest BCUT2D eigenvalue weighted by Crippen LogP contribution is 2.42. The molecule has 0 fully saturated rings. The zero-order valence-corrected chi connectivity index (χ0v) is 16.8. The summed E-state index contributed by atoms with van der Waals surface area (Å²) in [4.78, 5) is 9.26.